The third kappa shape index (κ3) is 7.37. The van der Waals surface area contributed by atoms with Crippen LogP contribution in [0.4, 0.5) is 0 Å². The van der Waals surface area contributed by atoms with Gasteiger partial charge in [-0.25, -0.2) is 4.79 Å². The van der Waals surface area contributed by atoms with E-state index in [1.165, 1.54) is 12.3 Å². The van der Waals surface area contributed by atoms with Crippen LogP contribution in [0.1, 0.15) is 34.1 Å². The van der Waals surface area contributed by atoms with Gasteiger partial charge in [0.05, 0.1) is 24.5 Å². The highest BCUT2D eigenvalue weighted by Gasteiger charge is 2.03. The Morgan fingerprint density at radius 3 is 2.46 bits per heavy atom. The molecule has 0 aromatic rings. The molecule has 0 aromatic heterocycles. The highest BCUT2D eigenvalue weighted by atomic mass is 16.5. The predicted molar refractivity (Wildman–Crippen MR) is 51.2 cm³/mol. The molecule has 0 aromatic carbocycles. The molecule has 0 N–H and O–H groups in total. The lowest BCUT2D eigenvalue weighted by Gasteiger charge is -2.08. The Morgan fingerprint density at radius 2 is 2.00 bits per heavy atom. The van der Waals surface area contributed by atoms with Gasteiger partial charge in [-0.05, 0) is 27.2 Å². The quantitative estimate of drug-likeness (QED) is 0.375. The summed E-state index contributed by atoms with van der Waals surface area (Å²) in [5, 5.41) is 0. The molecule has 0 aliphatic carbocycles. The average Bonchev–Trinajstić information content (AvgIpc) is 2.03. The first-order valence-corrected chi connectivity index (χ1v) is 4.58. The van der Waals surface area contributed by atoms with Gasteiger partial charge in [-0.3, -0.25) is 0 Å². The van der Waals surface area contributed by atoms with Crippen molar-refractivity contribution in [2.45, 2.75) is 46.3 Å². The summed E-state index contributed by atoms with van der Waals surface area (Å²) in [6.45, 7) is 7.61. The fraction of sp³-hybridized carbons (Fsp3) is 0.700. The van der Waals surface area contributed by atoms with E-state index in [2.05, 4.69) is 0 Å². The fourth-order valence-corrected chi connectivity index (χ4v) is 0.573. The van der Waals surface area contributed by atoms with E-state index >= 15 is 0 Å². The third-order valence-electron chi connectivity index (χ3n) is 1.45. The van der Waals surface area contributed by atoms with Crippen molar-refractivity contribution >= 4 is 5.97 Å². The van der Waals surface area contributed by atoms with Crippen LogP contribution in [0.3, 0.4) is 0 Å². The standard InChI is InChI=1S/C10H18O3/c1-5-9(4)13-10(11)6-7-12-8(2)3/h6-9H,5H2,1-4H3/b7-6+. The molecule has 0 radical (unpaired) electrons. The van der Waals surface area contributed by atoms with Crippen LogP contribution in [0.25, 0.3) is 0 Å². The monoisotopic (exact) mass is 186 g/mol. The second kappa shape index (κ2) is 6.52. The Morgan fingerprint density at radius 1 is 1.38 bits per heavy atom. The van der Waals surface area contributed by atoms with E-state index in [4.69, 9.17) is 9.47 Å². The van der Waals surface area contributed by atoms with E-state index in [-0.39, 0.29) is 18.2 Å². The van der Waals surface area contributed by atoms with Crippen molar-refractivity contribution < 1.29 is 14.3 Å². The minimum Gasteiger partial charge on any atom is -0.498 e. The maximum absolute atomic E-state index is 11.0. The van der Waals surface area contributed by atoms with Crippen molar-refractivity contribution in [3.8, 4) is 0 Å². The zero-order chi connectivity index (χ0) is 10.3. The highest BCUT2D eigenvalue weighted by Crippen LogP contribution is 1.97. The van der Waals surface area contributed by atoms with Crippen LogP contribution < -0.4 is 0 Å². The van der Waals surface area contributed by atoms with E-state index in [0.717, 1.165) is 6.42 Å². The summed E-state index contributed by atoms with van der Waals surface area (Å²) < 4.78 is 10.0. The van der Waals surface area contributed by atoms with Gasteiger partial charge < -0.3 is 9.47 Å². The van der Waals surface area contributed by atoms with Gasteiger partial charge in [-0.15, -0.1) is 0 Å². The van der Waals surface area contributed by atoms with Crippen LogP contribution in [0, 0.1) is 0 Å². The molecule has 3 nitrogen and oxygen atoms in total. The first kappa shape index (κ1) is 12.0. The molecule has 0 amide bonds. The maximum atomic E-state index is 11.0. The van der Waals surface area contributed by atoms with Gasteiger partial charge in [0.1, 0.15) is 0 Å². The minimum absolute atomic E-state index is 0.0313. The van der Waals surface area contributed by atoms with E-state index in [9.17, 15) is 4.79 Å². The second-order valence-electron chi connectivity index (χ2n) is 3.14. The number of ether oxygens (including phenoxy) is 2. The molecule has 13 heavy (non-hydrogen) atoms. The van der Waals surface area contributed by atoms with Crippen molar-refractivity contribution in [3.05, 3.63) is 12.3 Å². The van der Waals surface area contributed by atoms with Gasteiger partial charge in [0.25, 0.3) is 0 Å². The normalized spacial score (nSPS) is 13.3. The maximum Gasteiger partial charge on any atom is 0.334 e. The largest absolute Gasteiger partial charge is 0.498 e. The Balaban J connectivity index is 3.67. The molecule has 0 fully saturated rings. The molecule has 0 bridgehead atoms. The van der Waals surface area contributed by atoms with Crippen molar-refractivity contribution in [1.29, 1.82) is 0 Å². The molecule has 0 aliphatic rings. The van der Waals surface area contributed by atoms with Crippen LogP contribution in [-0.4, -0.2) is 18.2 Å². The second-order valence-corrected chi connectivity index (χ2v) is 3.14. The first-order chi connectivity index (χ1) is 6.06. The van der Waals surface area contributed by atoms with E-state index in [1.54, 1.807) is 0 Å². The fourth-order valence-electron chi connectivity index (χ4n) is 0.573. The van der Waals surface area contributed by atoms with Crippen LogP contribution in [0.15, 0.2) is 12.3 Å². The summed E-state index contributed by atoms with van der Waals surface area (Å²) in [6.07, 6.45) is 3.55. The predicted octanol–water partition coefficient (Wildman–Crippen LogP) is 2.27. The molecule has 0 saturated carbocycles. The number of rotatable bonds is 5. The Bertz CT molecular complexity index is 173. The Hall–Kier alpha value is -0.990. The molecular formula is C10H18O3. The first-order valence-electron chi connectivity index (χ1n) is 4.58. The Labute approximate surface area is 79.7 Å². The number of hydrogen-bond acceptors (Lipinski definition) is 3. The molecule has 0 spiro atoms. The molecule has 1 atom stereocenters. The summed E-state index contributed by atoms with van der Waals surface area (Å²) >= 11 is 0. The van der Waals surface area contributed by atoms with Crippen LogP contribution in [0.2, 0.25) is 0 Å². The van der Waals surface area contributed by atoms with Gasteiger partial charge in [-0.2, -0.15) is 0 Å². The van der Waals surface area contributed by atoms with Crippen LogP contribution in [0.5, 0.6) is 0 Å². The highest BCUT2D eigenvalue weighted by molar-refractivity contribution is 5.81. The van der Waals surface area contributed by atoms with E-state index in [0.29, 0.717) is 0 Å². The minimum atomic E-state index is -0.352. The summed E-state index contributed by atoms with van der Waals surface area (Å²) in [5.41, 5.74) is 0. The topological polar surface area (TPSA) is 35.5 Å². The summed E-state index contributed by atoms with van der Waals surface area (Å²) in [6, 6.07) is 0. The zero-order valence-corrected chi connectivity index (χ0v) is 8.74. The molecule has 1 unspecified atom stereocenters. The van der Waals surface area contributed by atoms with Gasteiger partial charge in [0, 0.05) is 0 Å². The SMILES string of the molecule is CCC(C)OC(=O)/C=C/OC(C)C. The molecule has 3 heteroatoms. The molecule has 0 rings (SSSR count). The zero-order valence-electron chi connectivity index (χ0n) is 8.74. The van der Waals surface area contributed by atoms with Gasteiger partial charge in [0.15, 0.2) is 0 Å². The van der Waals surface area contributed by atoms with Gasteiger partial charge in [-0.1, -0.05) is 6.92 Å². The number of carbonyl (C=O) groups is 1. The molecular weight excluding hydrogens is 168 g/mol. The smallest absolute Gasteiger partial charge is 0.334 e. The number of hydrogen-bond donors (Lipinski definition) is 0. The molecule has 0 saturated heterocycles. The molecule has 0 heterocycles. The molecule has 0 aliphatic heterocycles. The lowest BCUT2D eigenvalue weighted by Crippen LogP contribution is -2.11. The third-order valence-corrected chi connectivity index (χ3v) is 1.45. The van der Waals surface area contributed by atoms with E-state index < -0.39 is 0 Å². The van der Waals surface area contributed by atoms with Crippen LogP contribution in [-0.2, 0) is 14.3 Å². The molecule has 76 valence electrons. The number of esters is 1. The summed E-state index contributed by atoms with van der Waals surface area (Å²) in [5.74, 6) is -0.352. The van der Waals surface area contributed by atoms with Gasteiger partial charge >= 0.3 is 5.97 Å². The summed E-state index contributed by atoms with van der Waals surface area (Å²) in [4.78, 5) is 11.0. The van der Waals surface area contributed by atoms with E-state index in [1.807, 2.05) is 27.7 Å². The lowest BCUT2D eigenvalue weighted by molar-refractivity contribution is -0.142. The number of carbonyl (C=O) groups excluding carboxylic acids is 1. The van der Waals surface area contributed by atoms with Crippen molar-refractivity contribution in [3.63, 3.8) is 0 Å². The van der Waals surface area contributed by atoms with Crippen LogP contribution >= 0.6 is 0 Å². The van der Waals surface area contributed by atoms with Crippen molar-refractivity contribution in [2.24, 2.45) is 0 Å². The lowest BCUT2D eigenvalue weighted by atomic mass is 10.3. The summed E-state index contributed by atoms with van der Waals surface area (Å²) in [7, 11) is 0. The van der Waals surface area contributed by atoms with Gasteiger partial charge in [0.2, 0.25) is 0 Å². The van der Waals surface area contributed by atoms with Crippen molar-refractivity contribution in [2.75, 3.05) is 0 Å². The average molecular weight is 186 g/mol. The Kier molecular flexibility index (Phi) is 6.02. The van der Waals surface area contributed by atoms with Crippen molar-refractivity contribution in [1.82, 2.24) is 0 Å².